The standard InChI is InChI=1S/C18H24N2O5S/c1-25-10-8-19-16(21)12-26-15-7-3-2-6-14(15)17(22)20-9-4-5-13(11-20)18(23)24/h2-3,6-7,13H,4-5,8-12H2,1H3,(H,19,21)(H,23,24)/t13-/m0/s1. The summed E-state index contributed by atoms with van der Waals surface area (Å²) in [5.41, 5.74) is 0.508. The Morgan fingerprint density at radius 2 is 2.12 bits per heavy atom. The molecule has 1 aliphatic heterocycles. The molecule has 2 amide bonds. The van der Waals surface area contributed by atoms with E-state index in [0.29, 0.717) is 38.1 Å². The van der Waals surface area contributed by atoms with Gasteiger partial charge in [0.2, 0.25) is 5.91 Å². The Bertz CT molecular complexity index is 652. The molecule has 0 bridgehead atoms. The highest BCUT2D eigenvalue weighted by atomic mass is 32.2. The van der Waals surface area contributed by atoms with Gasteiger partial charge in [-0.1, -0.05) is 12.1 Å². The zero-order chi connectivity index (χ0) is 18.9. The third-order valence-corrected chi connectivity index (χ3v) is 5.24. The van der Waals surface area contributed by atoms with Crippen LogP contribution in [0.5, 0.6) is 0 Å². The van der Waals surface area contributed by atoms with Crippen molar-refractivity contribution in [1.29, 1.82) is 0 Å². The number of carboxylic acids is 1. The normalized spacial score (nSPS) is 17.0. The van der Waals surface area contributed by atoms with Crippen molar-refractivity contribution in [2.24, 2.45) is 5.92 Å². The first-order chi connectivity index (χ1) is 12.5. The second kappa shape index (κ2) is 10.2. The highest BCUT2D eigenvalue weighted by Gasteiger charge is 2.29. The lowest BCUT2D eigenvalue weighted by Gasteiger charge is -2.31. The van der Waals surface area contributed by atoms with Crippen molar-refractivity contribution in [3.8, 4) is 0 Å². The summed E-state index contributed by atoms with van der Waals surface area (Å²) in [6.45, 7) is 1.68. The number of ether oxygens (including phenoxy) is 1. The SMILES string of the molecule is COCCNC(=O)CSc1ccccc1C(=O)N1CCC[C@H](C(=O)O)C1. The fourth-order valence-electron chi connectivity index (χ4n) is 2.79. The van der Waals surface area contributed by atoms with Crippen molar-refractivity contribution in [1.82, 2.24) is 10.2 Å². The van der Waals surface area contributed by atoms with Gasteiger partial charge in [-0.2, -0.15) is 0 Å². The number of rotatable bonds is 8. The number of hydrogen-bond acceptors (Lipinski definition) is 5. The van der Waals surface area contributed by atoms with E-state index in [2.05, 4.69) is 5.32 Å². The summed E-state index contributed by atoms with van der Waals surface area (Å²) in [7, 11) is 1.57. The van der Waals surface area contributed by atoms with E-state index in [-0.39, 0.29) is 24.1 Å². The van der Waals surface area contributed by atoms with Crippen LogP contribution in [0.1, 0.15) is 23.2 Å². The minimum absolute atomic E-state index is 0.127. The first kappa shape index (κ1) is 20.3. The fraction of sp³-hybridized carbons (Fsp3) is 0.500. The maximum atomic E-state index is 12.8. The molecule has 1 heterocycles. The molecule has 1 fully saturated rings. The number of benzene rings is 1. The van der Waals surface area contributed by atoms with E-state index < -0.39 is 11.9 Å². The summed E-state index contributed by atoms with van der Waals surface area (Å²) in [4.78, 5) is 38.2. The molecule has 1 aromatic rings. The topological polar surface area (TPSA) is 95.9 Å². The second-order valence-electron chi connectivity index (χ2n) is 6.06. The number of aliphatic carboxylic acids is 1. The van der Waals surface area contributed by atoms with Gasteiger partial charge in [-0.15, -0.1) is 11.8 Å². The number of carboxylic acid groups (broad SMARTS) is 1. The van der Waals surface area contributed by atoms with Gasteiger partial charge in [0.25, 0.3) is 5.91 Å². The number of piperidine rings is 1. The van der Waals surface area contributed by atoms with E-state index in [1.807, 2.05) is 6.07 Å². The van der Waals surface area contributed by atoms with Gasteiger partial charge in [0.1, 0.15) is 0 Å². The van der Waals surface area contributed by atoms with Crippen LogP contribution >= 0.6 is 11.8 Å². The van der Waals surface area contributed by atoms with Crippen LogP contribution in [0.15, 0.2) is 29.2 Å². The number of hydrogen-bond donors (Lipinski definition) is 2. The van der Waals surface area contributed by atoms with Crippen LogP contribution in [0, 0.1) is 5.92 Å². The number of likely N-dealkylation sites (tertiary alicyclic amines) is 1. The average molecular weight is 380 g/mol. The Balaban J connectivity index is 2.00. The van der Waals surface area contributed by atoms with Gasteiger partial charge in [0, 0.05) is 31.6 Å². The lowest BCUT2D eigenvalue weighted by Crippen LogP contribution is -2.42. The molecule has 0 unspecified atom stereocenters. The number of amides is 2. The molecule has 8 heteroatoms. The van der Waals surface area contributed by atoms with Gasteiger partial charge in [0.05, 0.1) is 23.8 Å². The van der Waals surface area contributed by atoms with Crippen molar-refractivity contribution >= 4 is 29.5 Å². The maximum Gasteiger partial charge on any atom is 0.308 e. The van der Waals surface area contributed by atoms with Gasteiger partial charge >= 0.3 is 5.97 Å². The van der Waals surface area contributed by atoms with E-state index >= 15 is 0 Å². The largest absolute Gasteiger partial charge is 0.481 e. The molecule has 7 nitrogen and oxygen atoms in total. The molecular formula is C18H24N2O5S. The minimum Gasteiger partial charge on any atom is -0.481 e. The van der Waals surface area contributed by atoms with Crippen LogP contribution in [0.3, 0.4) is 0 Å². The first-order valence-corrected chi connectivity index (χ1v) is 9.51. The monoisotopic (exact) mass is 380 g/mol. The Morgan fingerprint density at radius 1 is 1.35 bits per heavy atom. The number of methoxy groups -OCH3 is 1. The predicted octanol–water partition coefficient (Wildman–Crippen LogP) is 1.48. The van der Waals surface area contributed by atoms with Crippen molar-refractivity contribution in [2.45, 2.75) is 17.7 Å². The summed E-state index contributed by atoms with van der Waals surface area (Å²) in [6, 6.07) is 7.11. The van der Waals surface area contributed by atoms with Crippen molar-refractivity contribution in [2.75, 3.05) is 39.1 Å². The molecule has 26 heavy (non-hydrogen) atoms. The molecule has 0 aromatic heterocycles. The zero-order valence-electron chi connectivity index (χ0n) is 14.8. The molecule has 1 aromatic carbocycles. The van der Waals surface area contributed by atoms with Crippen LogP contribution in [0.2, 0.25) is 0 Å². The highest BCUT2D eigenvalue weighted by Crippen LogP contribution is 2.26. The van der Waals surface area contributed by atoms with Crippen LogP contribution < -0.4 is 5.32 Å². The van der Waals surface area contributed by atoms with Crippen molar-refractivity contribution in [3.05, 3.63) is 29.8 Å². The third kappa shape index (κ3) is 5.74. The number of nitrogens with zero attached hydrogens (tertiary/aromatic N) is 1. The smallest absolute Gasteiger partial charge is 0.308 e. The van der Waals surface area contributed by atoms with Crippen molar-refractivity contribution < 1.29 is 24.2 Å². The fourth-order valence-corrected chi connectivity index (χ4v) is 3.66. The molecule has 0 spiro atoms. The van der Waals surface area contributed by atoms with Gasteiger partial charge in [-0.05, 0) is 25.0 Å². The van der Waals surface area contributed by atoms with E-state index in [1.165, 1.54) is 11.8 Å². The predicted molar refractivity (Wildman–Crippen MR) is 98.3 cm³/mol. The molecule has 2 N–H and O–H groups in total. The lowest BCUT2D eigenvalue weighted by molar-refractivity contribution is -0.143. The number of nitrogens with one attached hydrogen (secondary N) is 1. The van der Waals surface area contributed by atoms with Crippen molar-refractivity contribution in [3.63, 3.8) is 0 Å². The zero-order valence-corrected chi connectivity index (χ0v) is 15.6. The average Bonchev–Trinajstić information content (AvgIpc) is 2.66. The molecule has 1 atom stereocenters. The summed E-state index contributed by atoms with van der Waals surface area (Å²) in [5, 5.41) is 11.9. The van der Waals surface area contributed by atoms with Gasteiger partial charge in [-0.3, -0.25) is 14.4 Å². The molecule has 0 saturated carbocycles. The molecule has 1 aliphatic rings. The van der Waals surface area contributed by atoms with E-state index in [4.69, 9.17) is 4.74 Å². The third-order valence-electron chi connectivity index (χ3n) is 4.16. The van der Waals surface area contributed by atoms with E-state index in [9.17, 15) is 19.5 Å². The molecule has 142 valence electrons. The Kier molecular flexibility index (Phi) is 7.93. The van der Waals surface area contributed by atoms with Gasteiger partial charge in [0.15, 0.2) is 0 Å². The highest BCUT2D eigenvalue weighted by molar-refractivity contribution is 8.00. The van der Waals surface area contributed by atoms with Gasteiger partial charge in [-0.25, -0.2) is 0 Å². The summed E-state index contributed by atoms with van der Waals surface area (Å²) in [6.07, 6.45) is 1.27. The number of carbonyl (C=O) groups is 3. The maximum absolute atomic E-state index is 12.8. The summed E-state index contributed by atoms with van der Waals surface area (Å²) >= 11 is 1.30. The molecule has 0 radical (unpaired) electrons. The van der Waals surface area contributed by atoms with E-state index in [0.717, 1.165) is 4.90 Å². The molecule has 2 rings (SSSR count). The van der Waals surface area contributed by atoms with Crippen LogP contribution in [0.25, 0.3) is 0 Å². The summed E-state index contributed by atoms with van der Waals surface area (Å²) in [5.74, 6) is -1.49. The van der Waals surface area contributed by atoms with Crippen LogP contribution in [-0.4, -0.2) is 66.9 Å². The summed E-state index contributed by atoms with van der Waals surface area (Å²) < 4.78 is 4.88. The minimum atomic E-state index is -0.863. The lowest BCUT2D eigenvalue weighted by atomic mass is 9.97. The van der Waals surface area contributed by atoms with E-state index in [1.54, 1.807) is 30.2 Å². The van der Waals surface area contributed by atoms with Crippen LogP contribution in [-0.2, 0) is 14.3 Å². The van der Waals surface area contributed by atoms with Gasteiger partial charge < -0.3 is 20.1 Å². The molecular weight excluding hydrogens is 356 g/mol. The molecule has 0 aliphatic carbocycles. The number of thioether (sulfide) groups is 1. The first-order valence-electron chi connectivity index (χ1n) is 8.52. The Labute approximate surface area is 157 Å². The Hall–Kier alpha value is -2.06. The molecule has 1 saturated heterocycles. The Morgan fingerprint density at radius 3 is 2.85 bits per heavy atom. The number of carbonyl (C=O) groups excluding carboxylic acids is 2. The second-order valence-corrected chi connectivity index (χ2v) is 7.07. The van der Waals surface area contributed by atoms with Crippen LogP contribution in [0.4, 0.5) is 0 Å². The quantitative estimate of drug-likeness (QED) is 0.524.